The number of rotatable bonds is 4. The molecule has 0 aromatic heterocycles. The number of halogens is 2. The minimum Gasteiger partial charge on any atom is -0.328 e. The van der Waals surface area contributed by atoms with E-state index in [2.05, 4.69) is 5.32 Å². The molecule has 0 bridgehead atoms. The Hall–Kier alpha value is -0.280. The molecule has 1 saturated carbocycles. The molecule has 1 fully saturated rings. The third-order valence-electron chi connectivity index (χ3n) is 3.56. The van der Waals surface area contributed by atoms with E-state index in [1.807, 2.05) is 12.1 Å². The van der Waals surface area contributed by atoms with Crippen LogP contribution in [0.25, 0.3) is 0 Å². The van der Waals surface area contributed by atoms with Crippen molar-refractivity contribution in [1.82, 2.24) is 5.32 Å². The van der Waals surface area contributed by atoms with Crippen LogP contribution in [0.2, 0.25) is 10.0 Å². The van der Waals surface area contributed by atoms with Gasteiger partial charge in [-0.05, 0) is 49.9 Å². The average molecular weight is 287 g/mol. The highest BCUT2D eigenvalue weighted by Gasteiger charge is 2.18. The summed E-state index contributed by atoms with van der Waals surface area (Å²) in [6.07, 6.45) is 5.67. The molecule has 4 heteroatoms. The van der Waals surface area contributed by atoms with Gasteiger partial charge in [0.25, 0.3) is 0 Å². The number of benzene rings is 1. The third-order valence-corrected chi connectivity index (χ3v) is 4.14. The second kappa shape index (κ2) is 6.76. The van der Waals surface area contributed by atoms with Crippen molar-refractivity contribution in [2.45, 2.75) is 44.2 Å². The predicted molar refractivity (Wildman–Crippen MR) is 78.4 cm³/mol. The Morgan fingerprint density at radius 2 is 2.11 bits per heavy atom. The van der Waals surface area contributed by atoms with Crippen LogP contribution in [0.1, 0.15) is 31.2 Å². The number of nitrogens with two attached hydrogens (primary N) is 1. The fourth-order valence-corrected chi connectivity index (χ4v) is 3.05. The highest BCUT2D eigenvalue weighted by Crippen LogP contribution is 2.21. The van der Waals surface area contributed by atoms with Crippen molar-refractivity contribution in [2.24, 2.45) is 5.73 Å². The lowest BCUT2D eigenvalue weighted by atomic mass is 9.91. The zero-order valence-electron chi connectivity index (χ0n) is 10.5. The maximum atomic E-state index is 6.14. The van der Waals surface area contributed by atoms with Crippen LogP contribution < -0.4 is 11.1 Å². The molecule has 1 aromatic carbocycles. The average Bonchev–Trinajstić information content (AvgIpc) is 2.32. The van der Waals surface area contributed by atoms with Gasteiger partial charge in [-0.15, -0.1) is 0 Å². The molecule has 2 rings (SSSR count). The topological polar surface area (TPSA) is 38.0 Å². The van der Waals surface area contributed by atoms with Crippen LogP contribution in [-0.2, 0) is 6.42 Å². The molecule has 2 atom stereocenters. The summed E-state index contributed by atoms with van der Waals surface area (Å²) in [5.74, 6) is 0. The third kappa shape index (κ3) is 4.13. The Morgan fingerprint density at radius 1 is 1.28 bits per heavy atom. The van der Waals surface area contributed by atoms with Crippen molar-refractivity contribution in [2.75, 3.05) is 6.54 Å². The van der Waals surface area contributed by atoms with E-state index in [4.69, 9.17) is 28.9 Å². The summed E-state index contributed by atoms with van der Waals surface area (Å²) in [5, 5.41) is 5.01. The highest BCUT2D eigenvalue weighted by atomic mass is 35.5. The van der Waals surface area contributed by atoms with Crippen molar-refractivity contribution in [3.63, 3.8) is 0 Å². The molecule has 1 aliphatic carbocycles. The van der Waals surface area contributed by atoms with Gasteiger partial charge in [0.2, 0.25) is 0 Å². The molecule has 1 aromatic rings. The quantitative estimate of drug-likeness (QED) is 0.890. The summed E-state index contributed by atoms with van der Waals surface area (Å²) in [4.78, 5) is 0. The van der Waals surface area contributed by atoms with Crippen LogP contribution >= 0.6 is 23.2 Å². The molecular weight excluding hydrogens is 267 g/mol. The van der Waals surface area contributed by atoms with Gasteiger partial charge < -0.3 is 11.1 Å². The lowest BCUT2D eigenvalue weighted by molar-refractivity contribution is 0.341. The molecule has 0 amide bonds. The van der Waals surface area contributed by atoms with Crippen LogP contribution in [0, 0.1) is 0 Å². The molecule has 0 aliphatic heterocycles. The van der Waals surface area contributed by atoms with Gasteiger partial charge in [0.1, 0.15) is 0 Å². The molecule has 3 N–H and O–H groups in total. The monoisotopic (exact) mass is 286 g/mol. The lowest BCUT2D eigenvalue weighted by Gasteiger charge is -2.27. The van der Waals surface area contributed by atoms with Crippen LogP contribution in [0.5, 0.6) is 0 Å². The zero-order valence-corrected chi connectivity index (χ0v) is 12.0. The molecule has 0 spiro atoms. The molecule has 1 aliphatic rings. The summed E-state index contributed by atoms with van der Waals surface area (Å²) < 4.78 is 0. The molecule has 18 heavy (non-hydrogen) atoms. The second-order valence-corrected chi connectivity index (χ2v) is 5.91. The van der Waals surface area contributed by atoms with E-state index in [1.54, 1.807) is 6.07 Å². The summed E-state index contributed by atoms with van der Waals surface area (Å²) in [5.41, 5.74) is 7.12. The minimum absolute atomic E-state index is 0.371. The summed E-state index contributed by atoms with van der Waals surface area (Å²) in [6, 6.07) is 6.63. The second-order valence-electron chi connectivity index (χ2n) is 5.06. The van der Waals surface area contributed by atoms with Gasteiger partial charge in [0, 0.05) is 22.1 Å². The van der Waals surface area contributed by atoms with Crippen molar-refractivity contribution < 1.29 is 0 Å². The van der Waals surface area contributed by atoms with E-state index in [0.717, 1.165) is 30.0 Å². The van der Waals surface area contributed by atoms with Crippen LogP contribution in [0.3, 0.4) is 0 Å². The fraction of sp³-hybridized carbons (Fsp3) is 0.571. The van der Waals surface area contributed by atoms with Gasteiger partial charge in [-0.2, -0.15) is 0 Å². The summed E-state index contributed by atoms with van der Waals surface area (Å²) >= 11 is 12.0. The molecule has 0 saturated heterocycles. The van der Waals surface area contributed by atoms with Gasteiger partial charge in [-0.1, -0.05) is 35.7 Å². The largest absolute Gasteiger partial charge is 0.328 e. The summed E-state index contributed by atoms with van der Waals surface area (Å²) in [6.45, 7) is 0.943. The Bertz CT molecular complexity index is 395. The number of nitrogens with one attached hydrogen (secondary N) is 1. The van der Waals surface area contributed by atoms with Gasteiger partial charge in [-0.3, -0.25) is 0 Å². The van der Waals surface area contributed by atoms with Gasteiger partial charge >= 0.3 is 0 Å². The zero-order chi connectivity index (χ0) is 13.0. The van der Waals surface area contributed by atoms with Gasteiger partial charge in [0.15, 0.2) is 0 Å². The van der Waals surface area contributed by atoms with E-state index in [9.17, 15) is 0 Å². The van der Waals surface area contributed by atoms with Crippen molar-refractivity contribution in [3.05, 3.63) is 33.8 Å². The molecule has 2 unspecified atom stereocenters. The van der Waals surface area contributed by atoms with Crippen LogP contribution in [0.4, 0.5) is 0 Å². The van der Waals surface area contributed by atoms with E-state index in [0.29, 0.717) is 17.1 Å². The van der Waals surface area contributed by atoms with Crippen molar-refractivity contribution in [1.29, 1.82) is 0 Å². The van der Waals surface area contributed by atoms with Gasteiger partial charge in [0.05, 0.1) is 0 Å². The Labute approximate surface area is 119 Å². The molecule has 0 radical (unpaired) electrons. The molecule has 100 valence electrons. The number of hydrogen-bond donors (Lipinski definition) is 2. The van der Waals surface area contributed by atoms with Gasteiger partial charge in [-0.25, -0.2) is 0 Å². The van der Waals surface area contributed by atoms with E-state index >= 15 is 0 Å². The Morgan fingerprint density at radius 3 is 2.83 bits per heavy atom. The van der Waals surface area contributed by atoms with E-state index in [1.165, 1.54) is 19.3 Å². The Kier molecular flexibility index (Phi) is 5.31. The Balaban J connectivity index is 1.77. The smallest absolute Gasteiger partial charge is 0.0453 e. The van der Waals surface area contributed by atoms with Crippen molar-refractivity contribution in [3.8, 4) is 0 Å². The first-order chi connectivity index (χ1) is 8.65. The number of hydrogen-bond acceptors (Lipinski definition) is 2. The summed E-state index contributed by atoms with van der Waals surface area (Å²) in [7, 11) is 0. The maximum absolute atomic E-state index is 6.14. The van der Waals surface area contributed by atoms with Crippen molar-refractivity contribution >= 4 is 23.2 Å². The normalized spacial score (nSPS) is 24.2. The highest BCUT2D eigenvalue weighted by molar-refractivity contribution is 6.35. The first-order valence-electron chi connectivity index (χ1n) is 6.58. The maximum Gasteiger partial charge on any atom is 0.0453 e. The standard InChI is InChI=1S/C14H20Cl2N2/c15-11-5-4-10(14(16)8-11)6-7-18-13-3-1-2-12(17)9-13/h4-5,8,12-13,18H,1-3,6-7,9,17H2. The van der Waals surface area contributed by atoms with E-state index in [-0.39, 0.29) is 0 Å². The first kappa shape index (κ1) is 14.1. The van der Waals surface area contributed by atoms with E-state index < -0.39 is 0 Å². The predicted octanol–water partition coefficient (Wildman–Crippen LogP) is 3.40. The lowest BCUT2D eigenvalue weighted by Crippen LogP contribution is -2.40. The van der Waals surface area contributed by atoms with Crippen LogP contribution in [-0.4, -0.2) is 18.6 Å². The molecule has 2 nitrogen and oxygen atoms in total. The van der Waals surface area contributed by atoms with Crippen LogP contribution in [0.15, 0.2) is 18.2 Å². The fourth-order valence-electron chi connectivity index (χ4n) is 2.55. The first-order valence-corrected chi connectivity index (χ1v) is 7.33. The SMILES string of the molecule is NC1CCCC(NCCc2ccc(Cl)cc2Cl)C1. The molecule has 0 heterocycles. The minimum atomic E-state index is 0.371. The molecular formula is C14H20Cl2N2.